The number of ether oxygens (including phenoxy) is 2. The van der Waals surface area contributed by atoms with Crippen molar-refractivity contribution in [3.63, 3.8) is 0 Å². The van der Waals surface area contributed by atoms with Crippen LogP contribution in [-0.4, -0.2) is 48.9 Å². The number of hydrogen-bond donors (Lipinski definition) is 2. The van der Waals surface area contributed by atoms with Crippen LogP contribution < -0.4 is 20.6 Å². The van der Waals surface area contributed by atoms with Gasteiger partial charge in [0.05, 0.1) is 37.9 Å². The van der Waals surface area contributed by atoms with Crippen molar-refractivity contribution in [1.82, 2.24) is 9.55 Å². The fourth-order valence-electron chi connectivity index (χ4n) is 4.16. The summed E-state index contributed by atoms with van der Waals surface area (Å²) in [6, 6.07) is 20.6. The SMILES string of the molecule is COc1ccc(Cn2c(=O)[nH]c3cc(C(=O)Nc4ccc(N5CCOCC5)cc4)ccc32)cc1. The normalized spacial score (nSPS) is 13.7. The average molecular weight is 459 g/mol. The van der Waals surface area contributed by atoms with Crippen LogP contribution in [0.1, 0.15) is 15.9 Å². The number of methoxy groups -OCH3 is 1. The maximum atomic E-state index is 12.8. The zero-order chi connectivity index (χ0) is 23.5. The molecule has 3 aromatic carbocycles. The molecule has 4 aromatic rings. The Kier molecular flexibility index (Phi) is 6.05. The van der Waals surface area contributed by atoms with E-state index in [1.54, 1.807) is 29.9 Å². The molecule has 0 atom stereocenters. The van der Waals surface area contributed by atoms with E-state index in [-0.39, 0.29) is 11.6 Å². The minimum absolute atomic E-state index is 0.220. The third-order valence-corrected chi connectivity index (χ3v) is 6.04. The van der Waals surface area contributed by atoms with Crippen molar-refractivity contribution in [2.45, 2.75) is 6.54 Å². The summed E-state index contributed by atoms with van der Waals surface area (Å²) in [6.45, 7) is 3.60. The third kappa shape index (κ3) is 4.53. The number of carbonyl (C=O) groups excluding carboxylic acids is 1. The van der Waals surface area contributed by atoms with Crippen molar-refractivity contribution in [3.05, 3.63) is 88.3 Å². The lowest BCUT2D eigenvalue weighted by atomic mass is 10.1. The Morgan fingerprint density at radius 3 is 2.47 bits per heavy atom. The van der Waals surface area contributed by atoms with Crippen LogP contribution in [0, 0.1) is 0 Å². The second-order valence-corrected chi connectivity index (χ2v) is 8.20. The van der Waals surface area contributed by atoms with Gasteiger partial charge in [-0.05, 0) is 60.2 Å². The summed E-state index contributed by atoms with van der Waals surface area (Å²) in [5.41, 5.74) is 4.42. The lowest BCUT2D eigenvalue weighted by Gasteiger charge is -2.28. The molecule has 5 rings (SSSR count). The molecular formula is C26H26N4O4. The van der Waals surface area contributed by atoms with Crippen LogP contribution in [0.2, 0.25) is 0 Å². The minimum atomic E-state index is -0.232. The Morgan fingerprint density at radius 1 is 1.03 bits per heavy atom. The van der Waals surface area contributed by atoms with Crippen LogP contribution in [0.25, 0.3) is 11.0 Å². The number of aromatic nitrogens is 2. The first-order valence-electron chi connectivity index (χ1n) is 11.2. The van der Waals surface area contributed by atoms with E-state index in [0.717, 1.165) is 48.8 Å². The fourth-order valence-corrected chi connectivity index (χ4v) is 4.16. The summed E-state index contributed by atoms with van der Waals surface area (Å²) in [5, 5.41) is 2.93. The number of benzene rings is 3. The Labute approximate surface area is 196 Å². The van der Waals surface area contributed by atoms with Gasteiger partial charge in [0, 0.05) is 30.0 Å². The maximum Gasteiger partial charge on any atom is 0.326 e. The zero-order valence-electron chi connectivity index (χ0n) is 18.9. The van der Waals surface area contributed by atoms with Gasteiger partial charge in [0.2, 0.25) is 0 Å². The smallest absolute Gasteiger partial charge is 0.326 e. The van der Waals surface area contributed by atoms with Crippen molar-refractivity contribution in [3.8, 4) is 5.75 Å². The largest absolute Gasteiger partial charge is 0.497 e. The highest BCUT2D eigenvalue weighted by molar-refractivity contribution is 6.06. The van der Waals surface area contributed by atoms with Crippen molar-refractivity contribution in [2.75, 3.05) is 43.6 Å². The number of carbonyl (C=O) groups is 1. The number of rotatable bonds is 6. The van der Waals surface area contributed by atoms with Crippen molar-refractivity contribution in [2.24, 2.45) is 0 Å². The van der Waals surface area contributed by atoms with Crippen LogP contribution in [0.5, 0.6) is 5.75 Å². The number of H-pyrrole nitrogens is 1. The number of fused-ring (bicyclic) bond motifs is 1. The first kappa shape index (κ1) is 21.8. The summed E-state index contributed by atoms with van der Waals surface area (Å²) in [5.74, 6) is 0.534. The fraction of sp³-hybridized carbons (Fsp3) is 0.231. The molecule has 0 bridgehead atoms. The third-order valence-electron chi connectivity index (χ3n) is 6.04. The molecule has 8 heteroatoms. The van der Waals surface area contributed by atoms with Crippen molar-refractivity contribution >= 4 is 28.3 Å². The lowest BCUT2D eigenvalue weighted by molar-refractivity contribution is 0.102. The molecule has 2 N–H and O–H groups in total. The molecule has 0 aliphatic carbocycles. The molecule has 2 heterocycles. The molecule has 1 aliphatic heterocycles. The first-order valence-corrected chi connectivity index (χ1v) is 11.2. The second kappa shape index (κ2) is 9.44. The van der Waals surface area contributed by atoms with Gasteiger partial charge in [-0.3, -0.25) is 9.36 Å². The number of amides is 1. The Morgan fingerprint density at radius 2 is 1.76 bits per heavy atom. The first-order chi connectivity index (χ1) is 16.6. The number of nitrogens with one attached hydrogen (secondary N) is 2. The van der Waals surface area contributed by atoms with E-state index in [0.29, 0.717) is 23.3 Å². The van der Waals surface area contributed by atoms with E-state index in [1.165, 1.54) is 0 Å². The van der Waals surface area contributed by atoms with E-state index in [9.17, 15) is 9.59 Å². The molecular weight excluding hydrogens is 432 g/mol. The van der Waals surface area contributed by atoms with Gasteiger partial charge in [-0.25, -0.2) is 4.79 Å². The molecule has 0 spiro atoms. The highest BCUT2D eigenvalue weighted by atomic mass is 16.5. The van der Waals surface area contributed by atoms with Gasteiger partial charge in [0.1, 0.15) is 5.75 Å². The number of nitrogens with zero attached hydrogens (tertiary/aromatic N) is 2. The van der Waals surface area contributed by atoms with Gasteiger partial charge >= 0.3 is 5.69 Å². The second-order valence-electron chi connectivity index (χ2n) is 8.20. The van der Waals surface area contributed by atoms with Gasteiger partial charge in [0.25, 0.3) is 5.91 Å². The number of aromatic amines is 1. The summed E-state index contributed by atoms with van der Waals surface area (Å²) in [6.07, 6.45) is 0. The highest BCUT2D eigenvalue weighted by Gasteiger charge is 2.14. The number of imidazole rings is 1. The Bertz CT molecular complexity index is 1350. The van der Waals surface area contributed by atoms with Crippen LogP contribution in [0.15, 0.2) is 71.5 Å². The lowest BCUT2D eigenvalue weighted by Crippen LogP contribution is -2.36. The van der Waals surface area contributed by atoms with E-state index in [4.69, 9.17) is 9.47 Å². The molecule has 174 valence electrons. The van der Waals surface area contributed by atoms with Crippen molar-refractivity contribution < 1.29 is 14.3 Å². The predicted molar refractivity (Wildman–Crippen MR) is 132 cm³/mol. The Balaban J connectivity index is 1.31. The van der Waals surface area contributed by atoms with Crippen molar-refractivity contribution in [1.29, 1.82) is 0 Å². The summed E-state index contributed by atoms with van der Waals surface area (Å²) in [7, 11) is 1.62. The molecule has 1 fully saturated rings. The molecule has 1 aliphatic rings. The molecule has 0 radical (unpaired) electrons. The monoisotopic (exact) mass is 458 g/mol. The topological polar surface area (TPSA) is 88.6 Å². The van der Waals surface area contributed by atoms with Gasteiger partial charge in [-0.1, -0.05) is 12.1 Å². The molecule has 0 saturated carbocycles. The maximum absolute atomic E-state index is 12.8. The Hall–Kier alpha value is -4.04. The number of morpholine rings is 1. The van der Waals surface area contributed by atoms with Crippen LogP contribution >= 0.6 is 0 Å². The minimum Gasteiger partial charge on any atom is -0.497 e. The number of hydrogen-bond acceptors (Lipinski definition) is 5. The molecule has 0 unspecified atom stereocenters. The highest BCUT2D eigenvalue weighted by Crippen LogP contribution is 2.21. The molecule has 1 aromatic heterocycles. The average Bonchev–Trinajstić information content (AvgIpc) is 3.19. The molecule has 1 amide bonds. The van der Waals surface area contributed by atoms with Gasteiger partial charge in [-0.15, -0.1) is 0 Å². The van der Waals surface area contributed by atoms with Crippen LogP contribution in [0.3, 0.4) is 0 Å². The summed E-state index contributed by atoms with van der Waals surface area (Å²) in [4.78, 5) is 30.5. The molecule has 8 nitrogen and oxygen atoms in total. The standard InChI is InChI=1S/C26H26N4O4/c1-33-22-9-2-18(3-10-22)17-30-24-11-4-19(16-23(24)28-26(30)32)25(31)27-20-5-7-21(8-6-20)29-12-14-34-15-13-29/h2-11,16H,12-15,17H2,1H3,(H,27,31)(H,28,32). The summed E-state index contributed by atoms with van der Waals surface area (Å²) >= 11 is 0. The number of anilines is 2. The van der Waals surface area contributed by atoms with Gasteiger partial charge in [-0.2, -0.15) is 0 Å². The van der Waals surface area contributed by atoms with Crippen LogP contribution in [-0.2, 0) is 11.3 Å². The predicted octanol–water partition coefficient (Wildman–Crippen LogP) is 3.48. The van der Waals surface area contributed by atoms with Gasteiger partial charge < -0.3 is 24.7 Å². The van der Waals surface area contributed by atoms with E-state index < -0.39 is 0 Å². The van der Waals surface area contributed by atoms with Gasteiger partial charge in [0.15, 0.2) is 0 Å². The van der Waals surface area contributed by atoms with E-state index >= 15 is 0 Å². The van der Waals surface area contributed by atoms with E-state index in [1.807, 2.05) is 48.5 Å². The quantitative estimate of drug-likeness (QED) is 0.462. The van der Waals surface area contributed by atoms with E-state index in [2.05, 4.69) is 15.2 Å². The summed E-state index contributed by atoms with van der Waals surface area (Å²) < 4.78 is 12.2. The molecule has 1 saturated heterocycles. The zero-order valence-corrected chi connectivity index (χ0v) is 18.9. The van der Waals surface area contributed by atoms with Crippen LogP contribution in [0.4, 0.5) is 11.4 Å². The molecule has 34 heavy (non-hydrogen) atoms.